The maximum absolute atomic E-state index is 10.1. The smallest absolute Gasteiger partial charge is 0.186 e. The minimum Gasteiger partial charge on any atom is -0.394 e. The van der Waals surface area contributed by atoms with Crippen molar-refractivity contribution < 1.29 is 29.9 Å². The standard InChI is InChI=1S/C18H42O6Si3/c1-25(2,3)12-27(7,13-26(4,5)6)10-8-9-23-18-17(22)16(21)15(20)14(11-19)24-18/h14-22H,8-13H2,1-7H3/t14-,15-,16+,17-,18?/m1/s1. The van der Waals surface area contributed by atoms with Gasteiger partial charge in [0.2, 0.25) is 0 Å². The Hall–Kier alpha value is 0.411. The van der Waals surface area contributed by atoms with E-state index in [0.717, 1.165) is 6.42 Å². The SMILES string of the molecule is C[Si](C)(C)C[Si](C)(CCCOC1O[C@H](CO)[C@@H](O)[C@H](O)[C@H]1O)C[Si](C)(C)C. The summed E-state index contributed by atoms with van der Waals surface area (Å²) in [7, 11) is -3.63. The fourth-order valence-corrected chi connectivity index (χ4v) is 29.2. The third kappa shape index (κ3) is 8.75. The topological polar surface area (TPSA) is 99.4 Å². The lowest BCUT2D eigenvalue weighted by molar-refractivity contribution is -0.300. The number of rotatable bonds is 10. The first-order chi connectivity index (χ1) is 12.2. The Bertz CT molecular complexity index is 433. The lowest BCUT2D eigenvalue weighted by Gasteiger charge is -2.40. The molecule has 0 bridgehead atoms. The molecule has 1 rings (SSSR count). The molecule has 27 heavy (non-hydrogen) atoms. The summed E-state index contributed by atoms with van der Waals surface area (Å²) in [6, 6.07) is 1.19. The van der Waals surface area contributed by atoms with Gasteiger partial charge in [-0.05, 0) is 6.42 Å². The van der Waals surface area contributed by atoms with Crippen molar-refractivity contribution in [3.63, 3.8) is 0 Å². The third-order valence-corrected chi connectivity index (χ3v) is 21.8. The van der Waals surface area contributed by atoms with Gasteiger partial charge in [0, 0.05) is 30.8 Å². The first-order valence-electron chi connectivity index (χ1n) is 10.1. The molecule has 0 radical (unpaired) electrons. The highest BCUT2D eigenvalue weighted by Gasteiger charge is 2.44. The van der Waals surface area contributed by atoms with Crippen LogP contribution in [0.3, 0.4) is 0 Å². The number of ether oxygens (including phenoxy) is 2. The van der Waals surface area contributed by atoms with E-state index < -0.39 is 61.5 Å². The molecule has 1 heterocycles. The first-order valence-corrected chi connectivity index (χ1v) is 20.6. The summed E-state index contributed by atoms with van der Waals surface area (Å²) in [5, 5.41) is 39.0. The molecule has 1 saturated heterocycles. The Morgan fingerprint density at radius 2 is 1.33 bits per heavy atom. The van der Waals surface area contributed by atoms with Crippen molar-refractivity contribution in [1.82, 2.24) is 0 Å². The van der Waals surface area contributed by atoms with Crippen LogP contribution in [0.5, 0.6) is 0 Å². The van der Waals surface area contributed by atoms with Crippen LogP contribution in [0.25, 0.3) is 0 Å². The molecule has 0 aromatic carbocycles. The van der Waals surface area contributed by atoms with Crippen LogP contribution in [0.15, 0.2) is 0 Å². The van der Waals surface area contributed by atoms with Crippen molar-refractivity contribution in [2.45, 2.75) is 100 Å². The van der Waals surface area contributed by atoms with Gasteiger partial charge in [-0.2, -0.15) is 0 Å². The van der Waals surface area contributed by atoms with Crippen LogP contribution in [0.2, 0.25) is 63.2 Å². The lowest BCUT2D eigenvalue weighted by atomic mass is 9.99. The van der Waals surface area contributed by atoms with Crippen molar-refractivity contribution in [3.05, 3.63) is 0 Å². The van der Waals surface area contributed by atoms with Crippen molar-refractivity contribution in [2.24, 2.45) is 0 Å². The van der Waals surface area contributed by atoms with Crippen molar-refractivity contribution in [1.29, 1.82) is 0 Å². The molecule has 1 aliphatic rings. The third-order valence-electron chi connectivity index (χ3n) is 4.97. The molecule has 4 N–H and O–H groups in total. The van der Waals surface area contributed by atoms with E-state index in [1.807, 2.05) is 0 Å². The Labute approximate surface area is 167 Å². The second-order valence-corrected chi connectivity index (χ2v) is 28.1. The summed E-state index contributed by atoms with van der Waals surface area (Å²) in [6.07, 6.45) is -5.04. The summed E-state index contributed by atoms with van der Waals surface area (Å²) in [5.74, 6) is 0. The van der Waals surface area contributed by atoms with Gasteiger partial charge in [-0.1, -0.05) is 63.2 Å². The van der Waals surface area contributed by atoms with Gasteiger partial charge in [-0.15, -0.1) is 0 Å². The van der Waals surface area contributed by atoms with E-state index in [2.05, 4.69) is 45.8 Å². The number of hydrogen-bond donors (Lipinski definition) is 4. The maximum Gasteiger partial charge on any atom is 0.186 e. The highest BCUT2D eigenvalue weighted by atomic mass is 28.4. The second-order valence-electron chi connectivity index (χ2n) is 11.0. The molecular weight excluding hydrogens is 396 g/mol. The zero-order valence-corrected chi connectivity index (χ0v) is 21.2. The van der Waals surface area contributed by atoms with Gasteiger partial charge in [0.15, 0.2) is 6.29 Å². The predicted molar refractivity (Wildman–Crippen MR) is 117 cm³/mol. The monoisotopic (exact) mass is 438 g/mol. The van der Waals surface area contributed by atoms with Crippen LogP contribution in [-0.2, 0) is 9.47 Å². The molecule has 1 fully saturated rings. The average molecular weight is 439 g/mol. The largest absolute Gasteiger partial charge is 0.394 e. The van der Waals surface area contributed by atoms with Crippen LogP contribution in [0, 0.1) is 0 Å². The van der Waals surface area contributed by atoms with E-state index in [1.165, 1.54) is 17.4 Å². The Morgan fingerprint density at radius 1 is 0.815 bits per heavy atom. The van der Waals surface area contributed by atoms with Crippen molar-refractivity contribution >= 4 is 24.2 Å². The van der Waals surface area contributed by atoms with E-state index in [1.54, 1.807) is 0 Å². The maximum atomic E-state index is 10.1. The van der Waals surface area contributed by atoms with Gasteiger partial charge in [-0.3, -0.25) is 0 Å². The normalized spacial score (nSPS) is 30.6. The molecule has 0 saturated carbocycles. The van der Waals surface area contributed by atoms with Crippen LogP contribution in [0.4, 0.5) is 0 Å². The summed E-state index contributed by atoms with van der Waals surface area (Å²) in [5.41, 5.74) is 2.84. The zero-order valence-electron chi connectivity index (χ0n) is 18.2. The van der Waals surface area contributed by atoms with E-state index >= 15 is 0 Å². The van der Waals surface area contributed by atoms with Crippen LogP contribution in [-0.4, -0.2) is 88.6 Å². The Kier molecular flexibility index (Phi) is 9.37. The van der Waals surface area contributed by atoms with Crippen LogP contribution >= 0.6 is 0 Å². The van der Waals surface area contributed by atoms with Gasteiger partial charge in [0.25, 0.3) is 0 Å². The summed E-state index contributed by atoms with van der Waals surface area (Å²) >= 11 is 0. The van der Waals surface area contributed by atoms with E-state index in [9.17, 15) is 20.4 Å². The molecule has 5 atom stereocenters. The van der Waals surface area contributed by atoms with Crippen LogP contribution in [0.1, 0.15) is 6.42 Å². The molecule has 0 spiro atoms. The van der Waals surface area contributed by atoms with E-state index in [4.69, 9.17) is 9.47 Å². The zero-order chi connectivity index (χ0) is 21.0. The van der Waals surface area contributed by atoms with Gasteiger partial charge in [0.05, 0.1) is 6.61 Å². The van der Waals surface area contributed by atoms with Crippen molar-refractivity contribution in [2.75, 3.05) is 13.2 Å². The molecule has 0 aromatic rings. The molecular formula is C18H42O6Si3. The average Bonchev–Trinajstić information content (AvgIpc) is 2.47. The minimum absolute atomic E-state index is 0.428. The molecule has 6 nitrogen and oxygen atoms in total. The van der Waals surface area contributed by atoms with Gasteiger partial charge in [0.1, 0.15) is 24.4 Å². The molecule has 0 aromatic heterocycles. The van der Waals surface area contributed by atoms with E-state index in [-0.39, 0.29) is 0 Å². The quantitative estimate of drug-likeness (QED) is 0.308. The van der Waals surface area contributed by atoms with Gasteiger partial charge < -0.3 is 29.9 Å². The fraction of sp³-hybridized carbons (Fsp3) is 1.00. The minimum atomic E-state index is -1.38. The van der Waals surface area contributed by atoms with E-state index in [0.29, 0.717) is 6.61 Å². The molecule has 162 valence electrons. The Morgan fingerprint density at radius 3 is 1.78 bits per heavy atom. The summed E-state index contributed by atoms with van der Waals surface area (Å²) in [4.78, 5) is 0. The highest BCUT2D eigenvalue weighted by Crippen LogP contribution is 2.32. The number of aliphatic hydroxyl groups is 4. The molecule has 0 aliphatic carbocycles. The summed E-state index contributed by atoms with van der Waals surface area (Å²) in [6.45, 7) is 17.3. The second kappa shape index (κ2) is 9.94. The summed E-state index contributed by atoms with van der Waals surface area (Å²) < 4.78 is 11.1. The Balaban J connectivity index is 2.60. The molecule has 1 unspecified atom stereocenters. The van der Waals surface area contributed by atoms with Gasteiger partial charge >= 0.3 is 0 Å². The molecule has 9 heteroatoms. The lowest BCUT2D eigenvalue weighted by Crippen LogP contribution is -2.59. The van der Waals surface area contributed by atoms with Gasteiger partial charge in [-0.25, -0.2) is 0 Å². The predicted octanol–water partition coefficient (Wildman–Crippen LogP) is 2.03. The number of hydrogen-bond acceptors (Lipinski definition) is 6. The molecule has 0 amide bonds. The first kappa shape index (κ1) is 25.4. The number of aliphatic hydroxyl groups excluding tert-OH is 4. The molecule has 1 aliphatic heterocycles. The fourth-order valence-electron chi connectivity index (χ4n) is 4.70. The highest BCUT2D eigenvalue weighted by molar-refractivity contribution is 7.02. The van der Waals surface area contributed by atoms with Crippen LogP contribution < -0.4 is 0 Å². The van der Waals surface area contributed by atoms with Crippen molar-refractivity contribution in [3.8, 4) is 0 Å².